The van der Waals surface area contributed by atoms with E-state index in [9.17, 15) is 9.59 Å². The molecule has 0 aliphatic heterocycles. The molecule has 2 aromatic rings. The number of hydrogen-bond acceptors (Lipinski definition) is 6. The van der Waals surface area contributed by atoms with Crippen molar-refractivity contribution >= 4 is 12.2 Å². The second-order valence-electron chi connectivity index (χ2n) is 5.87. The summed E-state index contributed by atoms with van der Waals surface area (Å²) >= 11 is 0. The van der Waals surface area contributed by atoms with E-state index >= 15 is 0 Å². The van der Waals surface area contributed by atoms with Crippen LogP contribution in [0.3, 0.4) is 0 Å². The van der Waals surface area contributed by atoms with Crippen molar-refractivity contribution in [2.45, 2.75) is 25.7 Å². The van der Waals surface area contributed by atoms with Gasteiger partial charge in [-0.25, -0.2) is 14.5 Å². The molecule has 7 nitrogen and oxygen atoms in total. The van der Waals surface area contributed by atoms with Crippen molar-refractivity contribution in [1.82, 2.24) is 4.90 Å². The van der Waals surface area contributed by atoms with E-state index in [1.807, 2.05) is 0 Å². The van der Waals surface area contributed by atoms with Crippen molar-refractivity contribution in [3.05, 3.63) is 60.7 Å². The predicted octanol–water partition coefficient (Wildman–Crippen LogP) is 4.74. The van der Waals surface area contributed by atoms with Crippen LogP contribution in [0.25, 0.3) is 0 Å². The molecular weight excluding hydrogens is 360 g/mol. The molecule has 2 amide bonds. The summed E-state index contributed by atoms with van der Waals surface area (Å²) in [5, 5.41) is 8.32. The molecule has 0 aliphatic rings. The summed E-state index contributed by atoms with van der Waals surface area (Å²) in [6.07, 6.45) is 2.94. The van der Waals surface area contributed by atoms with Crippen LogP contribution in [0, 0.1) is 11.5 Å². The molecule has 0 N–H and O–H groups in total. The van der Waals surface area contributed by atoms with Crippen molar-refractivity contribution < 1.29 is 23.8 Å². The fourth-order valence-corrected chi connectivity index (χ4v) is 2.39. The van der Waals surface area contributed by atoms with Crippen LogP contribution in [-0.2, 0) is 4.74 Å². The Balaban J connectivity index is 1.93. The molecule has 0 radical (unpaired) electrons. The van der Waals surface area contributed by atoms with Gasteiger partial charge in [-0.2, -0.15) is 5.26 Å². The molecule has 7 heteroatoms. The number of amides is 2. The number of carbonyl (C=O) groups excluding carboxylic acids is 2. The second kappa shape index (κ2) is 12.0. The number of para-hydroxylation sites is 2. The van der Waals surface area contributed by atoms with Gasteiger partial charge < -0.3 is 14.2 Å². The van der Waals surface area contributed by atoms with Gasteiger partial charge in [-0.05, 0) is 43.5 Å². The van der Waals surface area contributed by atoms with Crippen LogP contribution in [0.5, 0.6) is 11.5 Å². The highest BCUT2D eigenvalue weighted by atomic mass is 16.6. The van der Waals surface area contributed by atoms with Gasteiger partial charge >= 0.3 is 12.2 Å². The molecule has 0 atom stereocenters. The Morgan fingerprint density at radius 3 is 1.79 bits per heavy atom. The predicted molar refractivity (Wildman–Crippen MR) is 102 cm³/mol. The zero-order valence-electron chi connectivity index (χ0n) is 15.5. The number of nitrogens with zero attached hydrogens (tertiary/aromatic N) is 2. The minimum Gasteiger partial charge on any atom is -0.428 e. The summed E-state index contributed by atoms with van der Waals surface area (Å²) in [5.74, 6) is 0.692. The van der Waals surface area contributed by atoms with Gasteiger partial charge in [-0.15, -0.1) is 0 Å². The van der Waals surface area contributed by atoms with Crippen LogP contribution in [0.2, 0.25) is 0 Å². The van der Waals surface area contributed by atoms with Crippen molar-refractivity contribution in [1.29, 1.82) is 5.26 Å². The Kier molecular flexibility index (Phi) is 8.88. The van der Waals surface area contributed by atoms with Crippen LogP contribution >= 0.6 is 0 Å². The Labute approximate surface area is 164 Å². The zero-order chi connectivity index (χ0) is 20.0. The van der Waals surface area contributed by atoms with Gasteiger partial charge in [0.05, 0.1) is 0 Å². The monoisotopic (exact) mass is 382 g/mol. The third-order valence-electron chi connectivity index (χ3n) is 3.78. The highest BCUT2D eigenvalue weighted by Gasteiger charge is 2.25. The van der Waals surface area contributed by atoms with Gasteiger partial charge in [0.25, 0.3) is 6.26 Å². The van der Waals surface area contributed by atoms with E-state index in [1.165, 1.54) is 0 Å². The molecule has 2 rings (SSSR count). The number of unbranched alkanes of at least 4 members (excludes halogenated alkanes) is 3. The summed E-state index contributed by atoms with van der Waals surface area (Å²) in [5.41, 5.74) is 0. The maximum absolute atomic E-state index is 12.5. The van der Waals surface area contributed by atoms with E-state index in [1.54, 1.807) is 66.9 Å². The number of imide groups is 1. The van der Waals surface area contributed by atoms with Gasteiger partial charge in [-0.1, -0.05) is 42.8 Å². The number of hydrogen-bond donors (Lipinski definition) is 0. The minimum atomic E-state index is -0.792. The average Bonchev–Trinajstić information content (AvgIpc) is 2.71. The third-order valence-corrected chi connectivity index (χ3v) is 3.78. The van der Waals surface area contributed by atoms with Crippen LogP contribution in [0.15, 0.2) is 60.7 Å². The first kappa shape index (κ1) is 20.8. The molecule has 0 bridgehead atoms. The maximum Gasteiger partial charge on any atom is 0.424 e. The lowest BCUT2D eigenvalue weighted by atomic mass is 10.2. The topological polar surface area (TPSA) is 88.9 Å². The lowest BCUT2D eigenvalue weighted by molar-refractivity contribution is 0.130. The first-order valence-electron chi connectivity index (χ1n) is 9.03. The summed E-state index contributed by atoms with van der Waals surface area (Å²) in [6.45, 7) is 0.531. The highest BCUT2D eigenvalue weighted by Crippen LogP contribution is 2.14. The first-order chi connectivity index (χ1) is 13.7. The normalized spacial score (nSPS) is 9.82. The van der Waals surface area contributed by atoms with Gasteiger partial charge in [0.1, 0.15) is 18.1 Å². The standard InChI is InChI=1S/C21H22N2O5/c22-17-26-16-10-2-1-9-15-23(20(24)27-18-11-5-3-6-12-18)21(25)28-19-13-7-4-8-14-19/h3-8,11-14H,1-2,9-10,15-16H2. The van der Waals surface area contributed by atoms with E-state index in [0.717, 1.165) is 24.2 Å². The molecule has 146 valence electrons. The minimum absolute atomic E-state index is 0.163. The maximum atomic E-state index is 12.5. The Morgan fingerprint density at radius 1 is 0.786 bits per heavy atom. The quantitative estimate of drug-likeness (QED) is 0.459. The van der Waals surface area contributed by atoms with Gasteiger partial charge in [-0.3, -0.25) is 0 Å². The molecule has 28 heavy (non-hydrogen) atoms. The van der Waals surface area contributed by atoms with Crippen molar-refractivity contribution in [2.24, 2.45) is 0 Å². The van der Waals surface area contributed by atoms with Gasteiger partial charge in [0, 0.05) is 6.54 Å². The summed E-state index contributed by atoms with van der Waals surface area (Å²) in [6, 6.07) is 17.1. The molecule has 0 aliphatic carbocycles. The lowest BCUT2D eigenvalue weighted by Crippen LogP contribution is -2.41. The van der Waals surface area contributed by atoms with E-state index in [0.29, 0.717) is 24.5 Å². The Morgan fingerprint density at radius 2 is 1.29 bits per heavy atom. The SMILES string of the molecule is N#COCCCCCCN(C(=O)Oc1ccccc1)C(=O)Oc1ccccc1. The number of benzene rings is 2. The number of carbonyl (C=O) groups is 2. The third kappa shape index (κ3) is 7.38. The summed E-state index contributed by atoms with van der Waals surface area (Å²) < 4.78 is 15.2. The lowest BCUT2D eigenvalue weighted by Gasteiger charge is -2.19. The fourth-order valence-electron chi connectivity index (χ4n) is 2.39. The molecule has 0 saturated heterocycles. The van der Waals surface area contributed by atoms with E-state index < -0.39 is 12.2 Å². The molecule has 0 heterocycles. The molecule has 0 spiro atoms. The van der Waals surface area contributed by atoms with Crippen molar-refractivity contribution in [3.8, 4) is 17.8 Å². The van der Waals surface area contributed by atoms with E-state index in [4.69, 9.17) is 14.7 Å². The first-order valence-corrected chi connectivity index (χ1v) is 9.03. The van der Waals surface area contributed by atoms with Crippen LogP contribution < -0.4 is 9.47 Å². The average molecular weight is 382 g/mol. The van der Waals surface area contributed by atoms with Crippen LogP contribution in [0.1, 0.15) is 25.7 Å². The zero-order valence-corrected chi connectivity index (χ0v) is 15.5. The molecule has 2 aromatic carbocycles. The van der Waals surface area contributed by atoms with Crippen LogP contribution in [0.4, 0.5) is 9.59 Å². The van der Waals surface area contributed by atoms with E-state index in [2.05, 4.69) is 4.74 Å². The van der Waals surface area contributed by atoms with Gasteiger partial charge in [0.15, 0.2) is 0 Å². The Bertz CT molecular complexity index is 721. The van der Waals surface area contributed by atoms with Crippen LogP contribution in [-0.4, -0.2) is 30.2 Å². The number of nitriles is 1. The van der Waals surface area contributed by atoms with E-state index in [-0.39, 0.29) is 6.54 Å². The largest absolute Gasteiger partial charge is 0.428 e. The fraction of sp³-hybridized carbons (Fsp3) is 0.286. The van der Waals surface area contributed by atoms with Crippen molar-refractivity contribution in [3.63, 3.8) is 0 Å². The Hall–Kier alpha value is -3.53. The summed E-state index contributed by atoms with van der Waals surface area (Å²) in [7, 11) is 0. The molecule has 0 fully saturated rings. The molecule has 0 saturated carbocycles. The molecule has 0 unspecified atom stereocenters. The smallest absolute Gasteiger partial charge is 0.424 e. The molecule has 0 aromatic heterocycles. The molecular formula is C21H22N2O5. The van der Waals surface area contributed by atoms with Gasteiger partial charge in [0.2, 0.25) is 0 Å². The number of ether oxygens (including phenoxy) is 3. The van der Waals surface area contributed by atoms with Crippen molar-refractivity contribution in [2.75, 3.05) is 13.2 Å². The second-order valence-corrected chi connectivity index (χ2v) is 5.87. The number of rotatable bonds is 9. The summed E-state index contributed by atoms with van der Waals surface area (Å²) in [4.78, 5) is 25.9. The highest BCUT2D eigenvalue weighted by molar-refractivity contribution is 5.89.